The van der Waals surface area contributed by atoms with Gasteiger partial charge < -0.3 is 9.80 Å². The Labute approximate surface area is 190 Å². The first-order valence-electron chi connectivity index (χ1n) is 12.6. The summed E-state index contributed by atoms with van der Waals surface area (Å²) in [7, 11) is 0. The lowest BCUT2D eigenvalue weighted by atomic mass is 9.72. The number of likely N-dealkylation sites (tertiary alicyclic amines) is 3. The fourth-order valence-electron chi connectivity index (χ4n) is 6.31. The fourth-order valence-corrected chi connectivity index (χ4v) is 6.31. The van der Waals surface area contributed by atoms with Crippen molar-refractivity contribution in [2.24, 2.45) is 15.4 Å². The van der Waals surface area contributed by atoms with Crippen LogP contribution in [0.15, 0.2) is 21.8 Å². The molecule has 2 unspecified atom stereocenters. The Balaban J connectivity index is 1.29. The van der Waals surface area contributed by atoms with Crippen LogP contribution in [-0.2, 0) is 0 Å². The summed E-state index contributed by atoms with van der Waals surface area (Å²) in [6, 6.07) is 1.68. The van der Waals surface area contributed by atoms with Crippen LogP contribution in [0.1, 0.15) is 59.8 Å². The van der Waals surface area contributed by atoms with Crippen molar-refractivity contribution in [2.45, 2.75) is 77.9 Å². The van der Waals surface area contributed by atoms with Gasteiger partial charge in [0, 0.05) is 57.0 Å². The first-order chi connectivity index (χ1) is 14.9. The number of fused-ring (bicyclic) bond motifs is 2. The molecule has 1 spiro atoms. The molecular formula is C25H44N6. The summed E-state index contributed by atoms with van der Waals surface area (Å²) in [6.07, 6.45) is 8.53. The lowest BCUT2D eigenvalue weighted by Crippen LogP contribution is -2.60. The maximum absolute atomic E-state index is 4.83. The molecule has 6 nitrogen and oxygen atoms in total. The van der Waals surface area contributed by atoms with Gasteiger partial charge in [-0.25, -0.2) is 9.98 Å². The van der Waals surface area contributed by atoms with Gasteiger partial charge in [-0.3, -0.25) is 9.80 Å². The summed E-state index contributed by atoms with van der Waals surface area (Å²) >= 11 is 0. The van der Waals surface area contributed by atoms with E-state index in [9.17, 15) is 0 Å². The topological polar surface area (TPSA) is 37.7 Å². The molecule has 0 amide bonds. The molecule has 6 heteroatoms. The lowest BCUT2D eigenvalue weighted by molar-refractivity contribution is -0.0445. The van der Waals surface area contributed by atoms with Gasteiger partial charge in [0.25, 0.3) is 0 Å². The molecule has 2 bridgehead atoms. The molecule has 0 N–H and O–H groups in total. The SMILES string of the molecule is C=N/C(=N\C=C(/C)CN1CCC2(CC1)CN(CCC)C2)N1C2CCC1CN(C(C)C)C2. The van der Waals surface area contributed by atoms with E-state index < -0.39 is 0 Å². The van der Waals surface area contributed by atoms with Crippen LogP contribution in [0.5, 0.6) is 0 Å². The normalized spacial score (nSPS) is 30.3. The highest BCUT2D eigenvalue weighted by Gasteiger charge is 2.44. The molecule has 4 fully saturated rings. The van der Waals surface area contributed by atoms with Crippen molar-refractivity contribution >= 4 is 12.7 Å². The van der Waals surface area contributed by atoms with Gasteiger partial charge in [-0.05, 0) is 90.2 Å². The molecule has 0 aromatic rings. The smallest absolute Gasteiger partial charge is 0.225 e. The molecule has 4 aliphatic rings. The van der Waals surface area contributed by atoms with Crippen LogP contribution in [0.3, 0.4) is 0 Å². The Morgan fingerprint density at radius 2 is 1.74 bits per heavy atom. The molecule has 0 aromatic heterocycles. The Bertz CT molecular complexity index is 668. The Morgan fingerprint density at radius 1 is 1.10 bits per heavy atom. The summed E-state index contributed by atoms with van der Waals surface area (Å²) in [5.74, 6) is 0.832. The van der Waals surface area contributed by atoms with E-state index in [-0.39, 0.29) is 0 Å². The predicted molar refractivity (Wildman–Crippen MR) is 131 cm³/mol. The monoisotopic (exact) mass is 428 g/mol. The minimum atomic E-state index is 0.534. The zero-order valence-corrected chi connectivity index (χ0v) is 20.4. The number of hydrogen-bond acceptors (Lipinski definition) is 4. The average molecular weight is 429 g/mol. The standard InChI is InChI=1S/C25H44N6/c1-6-11-29-18-25(19-29)9-12-28(13-10-25)15-21(4)14-27-24(26-5)31-22-7-8-23(31)17-30(16-22)20(2)3/h14,20,22-23H,5-13,15-19H2,1-4H3/b21-14+,27-24+. The van der Waals surface area contributed by atoms with E-state index in [2.05, 4.69) is 65.2 Å². The fraction of sp³-hybridized carbons (Fsp3) is 0.840. The molecule has 0 aliphatic carbocycles. The first kappa shape index (κ1) is 22.9. The van der Waals surface area contributed by atoms with Crippen molar-refractivity contribution < 1.29 is 0 Å². The summed E-state index contributed by atoms with van der Waals surface area (Å²) < 4.78 is 0. The van der Waals surface area contributed by atoms with E-state index in [1.54, 1.807) is 0 Å². The first-order valence-corrected chi connectivity index (χ1v) is 12.6. The number of piperazine rings is 1. The van der Waals surface area contributed by atoms with Gasteiger partial charge in [0.1, 0.15) is 0 Å². The zero-order valence-electron chi connectivity index (χ0n) is 20.4. The molecule has 2 atom stereocenters. The highest BCUT2D eigenvalue weighted by atomic mass is 15.4. The van der Waals surface area contributed by atoms with Gasteiger partial charge in [-0.2, -0.15) is 0 Å². The number of piperidine rings is 1. The Morgan fingerprint density at radius 3 is 2.29 bits per heavy atom. The second-order valence-corrected chi connectivity index (χ2v) is 10.9. The molecule has 0 radical (unpaired) electrons. The zero-order chi connectivity index (χ0) is 22.0. The predicted octanol–water partition coefficient (Wildman–Crippen LogP) is 3.31. The third-order valence-corrected chi connectivity index (χ3v) is 8.06. The minimum absolute atomic E-state index is 0.534. The maximum Gasteiger partial charge on any atom is 0.225 e. The summed E-state index contributed by atoms with van der Waals surface area (Å²) in [5, 5.41) is 0. The van der Waals surface area contributed by atoms with Crippen molar-refractivity contribution in [2.75, 3.05) is 52.4 Å². The summed E-state index contributed by atoms with van der Waals surface area (Å²) in [6.45, 7) is 22.6. The number of rotatable bonds is 6. The lowest BCUT2D eigenvalue weighted by Gasteiger charge is -2.54. The van der Waals surface area contributed by atoms with E-state index in [4.69, 9.17) is 4.99 Å². The third kappa shape index (κ3) is 5.07. The molecule has 4 saturated heterocycles. The minimum Gasteiger partial charge on any atom is -0.332 e. The Kier molecular flexibility index (Phi) is 7.19. The van der Waals surface area contributed by atoms with Crippen LogP contribution in [0, 0.1) is 5.41 Å². The number of nitrogens with zero attached hydrogens (tertiary/aromatic N) is 6. The molecular weight excluding hydrogens is 384 g/mol. The van der Waals surface area contributed by atoms with Gasteiger partial charge in [0.2, 0.25) is 5.96 Å². The van der Waals surface area contributed by atoms with Crippen LogP contribution in [0.25, 0.3) is 0 Å². The number of hydrogen-bond donors (Lipinski definition) is 0. The molecule has 4 aliphatic heterocycles. The van der Waals surface area contributed by atoms with Gasteiger partial charge in [0.05, 0.1) is 0 Å². The van der Waals surface area contributed by atoms with Crippen molar-refractivity contribution in [1.82, 2.24) is 19.6 Å². The van der Waals surface area contributed by atoms with Crippen molar-refractivity contribution in [3.8, 4) is 0 Å². The van der Waals surface area contributed by atoms with Crippen LogP contribution in [-0.4, -0.2) is 103 Å². The van der Waals surface area contributed by atoms with E-state index in [1.165, 1.54) is 70.4 Å². The second-order valence-electron chi connectivity index (χ2n) is 10.9. The van der Waals surface area contributed by atoms with Gasteiger partial charge in [-0.15, -0.1) is 0 Å². The molecule has 31 heavy (non-hydrogen) atoms. The van der Waals surface area contributed by atoms with E-state index in [0.717, 1.165) is 25.6 Å². The van der Waals surface area contributed by atoms with E-state index in [0.29, 0.717) is 23.5 Å². The van der Waals surface area contributed by atoms with Crippen LogP contribution < -0.4 is 0 Å². The molecule has 4 rings (SSSR count). The molecule has 0 saturated carbocycles. The van der Waals surface area contributed by atoms with Gasteiger partial charge in [0.15, 0.2) is 0 Å². The summed E-state index contributed by atoms with van der Waals surface area (Å²) in [4.78, 5) is 19.5. The summed E-state index contributed by atoms with van der Waals surface area (Å²) in [5.41, 5.74) is 1.95. The van der Waals surface area contributed by atoms with Gasteiger partial charge in [-0.1, -0.05) is 6.92 Å². The highest BCUT2D eigenvalue weighted by Crippen LogP contribution is 2.40. The number of guanidine groups is 1. The average Bonchev–Trinajstić information content (AvgIpc) is 2.97. The highest BCUT2D eigenvalue weighted by molar-refractivity contribution is 5.85. The largest absolute Gasteiger partial charge is 0.332 e. The van der Waals surface area contributed by atoms with Crippen LogP contribution in [0.2, 0.25) is 0 Å². The second kappa shape index (κ2) is 9.72. The van der Waals surface area contributed by atoms with E-state index in [1.807, 2.05) is 0 Å². The molecule has 0 aromatic carbocycles. The molecule has 4 heterocycles. The van der Waals surface area contributed by atoms with Crippen molar-refractivity contribution in [3.63, 3.8) is 0 Å². The van der Waals surface area contributed by atoms with Crippen molar-refractivity contribution in [1.29, 1.82) is 0 Å². The van der Waals surface area contributed by atoms with Crippen LogP contribution >= 0.6 is 0 Å². The maximum atomic E-state index is 4.83. The molecule has 174 valence electrons. The third-order valence-electron chi connectivity index (χ3n) is 8.06. The Hall–Kier alpha value is -1.24. The van der Waals surface area contributed by atoms with Crippen molar-refractivity contribution in [3.05, 3.63) is 11.8 Å². The number of aliphatic imine (C=N–C) groups is 2. The van der Waals surface area contributed by atoms with E-state index >= 15 is 0 Å². The van der Waals surface area contributed by atoms with Crippen LogP contribution in [0.4, 0.5) is 0 Å². The van der Waals surface area contributed by atoms with Gasteiger partial charge >= 0.3 is 0 Å². The quantitative estimate of drug-likeness (QED) is 0.481.